The maximum atomic E-state index is 12.8. The summed E-state index contributed by atoms with van der Waals surface area (Å²) in [6.45, 7) is 6.25. The number of hydrogen-bond donors (Lipinski definition) is 1. The fraction of sp³-hybridized carbons (Fsp3) is 0.632. The van der Waals surface area contributed by atoms with E-state index in [1.807, 2.05) is 26.0 Å². The molecule has 1 aromatic carbocycles. The second-order valence-corrected chi connectivity index (χ2v) is 9.93. The Morgan fingerprint density at radius 2 is 2.04 bits per heavy atom. The first-order valence-electron chi connectivity index (χ1n) is 9.50. The van der Waals surface area contributed by atoms with E-state index < -0.39 is 10.0 Å². The Morgan fingerprint density at radius 1 is 1.30 bits per heavy atom. The van der Waals surface area contributed by atoms with E-state index in [-0.39, 0.29) is 17.2 Å². The molecule has 0 radical (unpaired) electrons. The summed E-state index contributed by atoms with van der Waals surface area (Å²) in [5.74, 6) is 1.09. The lowest BCUT2D eigenvalue weighted by molar-refractivity contribution is 0.212. The van der Waals surface area contributed by atoms with Gasteiger partial charge in [0.15, 0.2) is 0 Å². The zero-order valence-electron chi connectivity index (χ0n) is 16.2. The number of rotatable bonds is 4. The van der Waals surface area contributed by atoms with Crippen molar-refractivity contribution in [2.45, 2.75) is 31.9 Å². The van der Waals surface area contributed by atoms with Gasteiger partial charge in [0.25, 0.3) is 0 Å². The number of hydrogen-bond acceptors (Lipinski definition) is 4. The molecule has 1 N–H and O–H groups in total. The summed E-state index contributed by atoms with van der Waals surface area (Å²) in [4.78, 5) is 14.3. The van der Waals surface area contributed by atoms with Crippen LogP contribution < -0.4 is 10.1 Å². The predicted octanol–water partition coefficient (Wildman–Crippen LogP) is 2.61. The van der Waals surface area contributed by atoms with Crippen molar-refractivity contribution in [3.05, 3.63) is 24.3 Å². The van der Waals surface area contributed by atoms with Crippen molar-refractivity contribution in [3.63, 3.8) is 0 Å². The molecule has 0 unspecified atom stereocenters. The minimum absolute atomic E-state index is 0.100. The molecule has 2 saturated heterocycles. The highest BCUT2D eigenvalue weighted by Crippen LogP contribution is 2.34. The van der Waals surface area contributed by atoms with Gasteiger partial charge in [-0.1, -0.05) is 19.9 Å². The van der Waals surface area contributed by atoms with Crippen molar-refractivity contribution in [1.29, 1.82) is 0 Å². The summed E-state index contributed by atoms with van der Waals surface area (Å²) < 4.78 is 32.5. The number of urea groups is 1. The second kappa shape index (κ2) is 8.06. The molecule has 2 fully saturated rings. The molecule has 7 nitrogen and oxygen atoms in total. The maximum absolute atomic E-state index is 12.8. The van der Waals surface area contributed by atoms with Gasteiger partial charge in [-0.2, -0.15) is 0 Å². The number of methoxy groups -OCH3 is 1. The standard InChI is InChI=1S/C19H29N3O4S/c1-14(2)12-22-13-15-7-9-21(10-8-18(15)27(22,24)25)19(23)20-16-5-4-6-17(11-16)26-3/h4-6,11,14-15,18H,7-10,12-13H2,1-3H3,(H,20,23)/t15-,18-/m0/s1. The molecule has 2 amide bonds. The van der Waals surface area contributed by atoms with Crippen LogP contribution in [0.1, 0.15) is 26.7 Å². The summed E-state index contributed by atoms with van der Waals surface area (Å²) in [5, 5.41) is 2.51. The first-order chi connectivity index (χ1) is 12.8. The quantitative estimate of drug-likeness (QED) is 0.850. The Kier molecular flexibility index (Phi) is 5.95. The van der Waals surface area contributed by atoms with Gasteiger partial charge in [0, 0.05) is 37.9 Å². The van der Waals surface area contributed by atoms with Crippen LogP contribution in [0.5, 0.6) is 5.75 Å². The summed E-state index contributed by atoms with van der Waals surface area (Å²) in [5.41, 5.74) is 0.666. The number of carbonyl (C=O) groups excluding carboxylic acids is 1. The normalized spacial score (nSPS) is 25.1. The second-order valence-electron chi connectivity index (χ2n) is 7.78. The minimum atomic E-state index is -3.26. The van der Waals surface area contributed by atoms with Crippen molar-refractivity contribution in [1.82, 2.24) is 9.21 Å². The summed E-state index contributed by atoms with van der Waals surface area (Å²) >= 11 is 0. The van der Waals surface area contributed by atoms with Crippen molar-refractivity contribution < 1.29 is 17.9 Å². The average Bonchev–Trinajstić information content (AvgIpc) is 2.77. The number of fused-ring (bicyclic) bond motifs is 1. The van der Waals surface area contributed by atoms with Crippen LogP contribution in [0.2, 0.25) is 0 Å². The molecule has 3 rings (SSSR count). The highest BCUT2D eigenvalue weighted by atomic mass is 32.2. The molecule has 27 heavy (non-hydrogen) atoms. The third-order valence-corrected chi connectivity index (χ3v) is 7.74. The third-order valence-electron chi connectivity index (χ3n) is 5.34. The van der Waals surface area contributed by atoms with Gasteiger partial charge in [-0.3, -0.25) is 0 Å². The Labute approximate surface area is 161 Å². The SMILES string of the molecule is COc1cccc(NC(=O)N2CC[C@H]3CN(CC(C)C)S(=O)(=O)[C@H]3CC2)c1. The van der Waals surface area contributed by atoms with Crippen LogP contribution in [-0.4, -0.2) is 62.2 Å². The molecule has 0 spiro atoms. The predicted molar refractivity (Wildman–Crippen MR) is 105 cm³/mol. The van der Waals surface area contributed by atoms with E-state index in [2.05, 4.69) is 5.32 Å². The number of carbonyl (C=O) groups is 1. The molecule has 0 saturated carbocycles. The van der Waals surface area contributed by atoms with Gasteiger partial charge in [0.1, 0.15) is 5.75 Å². The molecule has 150 valence electrons. The number of amides is 2. The van der Waals surface area contributed by atoms with Crippen molar-refractivity contribution in [2.75, 3.05) is 38.6 Å². The Balaban J connectivity index is 1.64. The van der Waals surface area contributed by atoms with E-state index in [9.17, 15) is 13.2 Å². The smallest absolute Gasteiger partial charge is 0.321 e. The Morgan fingerprint density at radius 3 is 2.74 bits per heavy atom. The van der Waals surface area contributed by atoms with Crippen molar-refractivity contribution >= 4 is 21.7 Å². The summed E-state index contributed by atoms with van der Waals surface area (Å²) in [6.07, 6.45) is 1.21. The Hall–Kier alpha value is -1.80. The van der Waals surface area contributed by atoms with Crippen LogP contribution in [0.25, 0.3) is 0 Å². The van der Waals surface area contributed by atoms with E-state index in [0.29, 0.717) is 56.4 Å². The number of sulfonamides is 1. The topological polar surface area (TPSA) is 79.0 Å². The van der Waals surface area contributed by atoms with E-state index in [0.717, 1.165) is 0 Å². The number of likely N-dealkylation sites (tertiary alicyclic amines) is 1. The molecule has 2 heterocycles. The van der Waals surface area contributed by atoms with Gasteiger partial charge in [-0.25, -0.2) is 17.5 Å². The van der Waals surface area contributed by atoms with Gasteiger partial charge in [-0.15, -0.1) is 0 Å². The zero-order valence-corrected chi connectivity index (χ0v) is 17.0. The number of benzene rings is 1. The monoisotopic (exact) mass is 395 g/mol. The van der Waals surface area contributed by atoms with E-state index in [1.165, 1.54) is 0 Å². The van der Waals surface area contributed by atoms with Crippen LogP contribution in [-0.2, 0) is 10.0 Å². The fourth-order valence-corrected chi connectivity index (χ4v) is 6.39. The molecule has 0 aromatic heterocycles. The molecule has 0 aliphatic carbocycles. The number of nitrogens with zero attached hydrogens (tertiary/aromatic N) is 2. The number of ether oxygens (including phenoxy) is 1. The van der Waals surface area contributed by atoms with Gasteiger partial charge >= 0.3 is 6.03 Å². The summed E-state index contributed by atoms with van der Waals surface area (Å²) in [7, 11) is -1.68. The lowest BCUT2D eigenvalue weighted by Gasteiger charge is -2.23. The van der Waals surface area contributed by atoms with Gasteiger partial charge in [0.05, 0.1) is 12.4 Å². The van der Waals surface area contributed by atoms with E-state index >= 15 is 0 Å². The first kappa shape index (κ1) is 19.9. The fourth-order valence-electron chi connectivity index (χ4n) is 3.99. The van der Waals surface area contributed by atoms with Crippen molar-refractivity contribution in [3.8, 4) is 5.75 Å². The van der Waals surface area contributed by atoms with Crippen LogP contribution >= 0.6 is 0 Å². The maximum Gasteiger partial charge on any atom is 0.321 e. The van der Waals surface area contributed by atoms with Gasteiger partial charge in [0.2, 0.25) is 10.0 Å². The van der Waals surface area contributed by atoms with Gasteiger partial charge in [-0.05, 0) is 36.8 Å². The molecule has 2 atom stereocenters. The van der Waals surface area contributed by atoms with E-state index in [4.69, 9.17) is 4.74 Å². The van der Waals surface area contributed by atoms with Gasteiger partial charge < -0.3 is 15.0 Å². The average molecular weight is 396 g/mol. The largest absolute Gasteiger partial charge is 0.497 e. The molecule has 0 bridgehead atoms. The molecule has 1 aromatic rings. The highest BCUT2D eigenvalue weighted by Gasteiger charge is 2.47. The number of nitrogens with one attached hydrogen (secondary N) is 1. The lowest BCUT2D eigenvalue weighted by atomic mass is 10.0. The van der Waals surface area contributed by atoms with Crippen LogP contribution in [0.4, 0.5) is 10.5 Å². The molecule has 8 heteroatoms. The highest BCUT2D eigenvalue weighted by molar-refractivity contribution is 7.90. The molecule has 2 aliphatic heterocycles. The van der Waals surface area contributed by atoms with Crippen LogP contribution in [0.15, 0.2) is 24.3 Å². The summed E-state index contributed by atoms with van der Waals surface area (Å²) in [6, 6.07) is 7.01. The Bertz CT molecular complexity index is 781. The number of anilines is 1. The van der Waals surface area contributed by atoms with E-state index in [1.54, 1.807) is 28.4 Å². The van der Waals surface area contributed by atoms with Crippen molar-refractivity contribution in [2.24, 2.45) is 11.8 Å². The van der Waals surface area contributed by atoms with Crippen LogP contribution in [0.3, 0.4) is 0 Å². The minimum Gasteiger partial charge on any atom is -0.497 e. The first-order valence-corrected chi connectivity index (χ1v) is 11.0. The molecular weight excluding hydrogens is 366 g/mol. The molecule has 2 aliphatic rings. The lowest BCUT2D eigenvalue weighted by Crippen LogP contribution is -2.37. The third kappa shape index (κ3) is 4.38. The molecular formula is C19H29N3O4S. The zero-order chi connectivity index (χ0) is 19.6. The van der Waals surface area contributed by atoms with Crippen LogP contribution in [0, 0.1) is 11.8 Å².